The molecule has 1 aliphatic rings. The fourth-order valence-electron chi connectivity index (χ4n) is 1.15. The molecule has 0 aromatic heterocycles. The summed E-state index contributed by atoms with van der Waals surface area (Å²) >= 11 is 0. The van der Waals surface area contributed by atoms with Gasteiger partial charge in [-0.3, -0.25) is 0 Å². The van der Waals surface area contributed by atoms with Crippen molar-refractivity contribution >= 4 is 5.71 Å². The molecule has 3 nitrogen and oxygen atoms in total. The van der Waals surface area contributed by atoms with Crippen molar-refractivity contribution in [3.05, 3.63) is 0 Å². The predicted octanol–water partition coefficient (Wildman–Crippen LogP) is 0.928. The number of nitrogens with one attached hydrogen (secondary N) is 2. The Balaban J connectivity index is 2.39. The average molecular weight is 128 g/mol. The number of hydrogen-bond acceptors (Lipinski definition) is 3. The van der Waals surface area contributed by atoms with Gasteiger partial charge in [-0.1, -0.05) is 6.42 Å². The molecule has 1 aliphatic carbocycles. The van der Waals surface area contributed by atoms with Gasteiger partial charge in [0.05, 0.1) is 6.04 Å². The van der Waals surface area contributed by atoms with E-state index in [1.807, 2.05) is 0 Å². The highest BCUT2D eigenvalue weighted by molar-refractivity contribution is 5.87. The lowest BCUT2D eigenvalue weighted by molar-refractivity contribution is 0.141. The third-order valence-corrected chi connectivity index (χ3v) is 1.77. The first-order valence-corrected chi connectivity index (χ1v) is 3.31. The van der Waals surface area contributed by atoms with Gasteiger partial charge in [0.2, 0.25) is 0 Å². The molecule has 1 atom stereocenters. The minimum atomic E-state index is -0.0567. The lowest BCUT2D eigenvalue weighted by Gasteiger charge is -2.20. The lowest BCUT2D eigenvalue weighted by atomic mass is 9.94. The van der Waals surface area contributed by atoms with E-state index in [1.54, 1.807) is 0 Å². The Hall–Kier alpha value is -0.410. The van der Waals surface area contributed by atoms with Crippen LogP contribution in [0, 0.1) is 5.41 Å². The molecule has 1 fully saturated rings. The van der Waals surface area contributed by atoms with E-state index < -0.39 is 0 Å². The first-order chi connectivity index (χ1) is 4.34. The number of hydrogen-bond donors (Lipinski definition) is 3. The van der Waals surface area contributed by atoms with Crippen molar-refractivity contribution in [2.75, 3.05) is 0 Å². The first-order valence-electron chi connectivity index (χ1n) is 3.31. The summed E-state index contributed by atoms with van der Waals surface area (Å²) < 4.78 is 0. The molecule has 0 aromatic carbocycles. The van der Waals surface area contributed by atoms with Crippen molar-refractivity contribution in [3.63, 3.8) is 0 Å². The molecule has 0 aliphatic heterocycles. The Kier molecular flexibility index (Phi) is 2.19. The van der Waals surface area contributed by atoms with Gasteiger partial charge in [-0.05, 0) is 19.3 Å². The van der Waals surface area contributed by atoms with Gasteiger partial charge in [-0.2, -0.15) is 5.48 Å². The van der Waals surface area contributed by atoms with Crippen molar-refractivity contribution in [1.29, 1.82) is 5.41 Å². The van der Waals surface area contributed by atoms with E-state index in [2.05, 4.69) is 5.48 Å². The van der Waals surface area contributed by atoms with Crippen molar-refractivity contribution in [1.82, 2.24) is 5.48 Å². The maximum Gasteiger partial charge on any atom is 0.0694 e. The SMILES string of the molecule is N=C1CCCCC1NO. The lowest BCUT2D eigenvalue weighted by Crippen LogP contribution is -2.36. The molecule has 3 heteroatoms. The maximum atomic E-state index is 8.47. The van der Waals surface area contributed by atoms with Crippen LogP contribution in [0.2, 0.25) is 0 Å². The molecule has 3 N–H and O–H groups in total. The molecular weight excluding hydrogens is 116 g/mol. The standard InChI is InChI=1S/C6H12N2O/c7-5-3-1-2-4-6(5)8-9/h6-9H,1-4H2. The summed E-state index contributed by atoms with van der Waals surface area (Å²) in [6, 6.07) is -0.0567. The van der Waals surface area contributed by atoms with Gasteiger partial charge in [0, 0.05) is 5.71 Å². The summed E-state index contributed by atoms with van der Waals surface area (Å²) in [4.78, 5) is 0. The van der Waals surface area contributed by atoms with E-state index in [1.165, 1.54) is 0 Å². The molecule has 0 bridgehead atoms. The van der Waals surface area contributed by atoms with Crippen LogP contribution in [0.1, 0.15) is 25.7 Å². The van der Waals surface area contributed by atoms with Crippen LogP contribution in [0.5, 0.6) is 0 Å². The highest BCUT2D eigenvalue weighted by atomic mass is 16.5. The van der Waals surface area contributed by atoms with Crippen molar-refractivity contribution in [2.24, 2.45) is 0 Å². The average Bonchev–Trinajstić information content (AvgIpc) is 1.89. The minimum Gasteiger partial charge on any atom is -0.316 e. The van der Waals surface area contributed by atoms with Crippen molar-refractivity contribution in [3.8, 4) is 0 Å². The van der Waals surface area contributed by atoms with Crippen LogP contribution < -0.4 is 5.48 Å². The van der Waals surface area contributed by atoms with Crippen molar-refractivity contribution < 1.29 is 5.21 Å². The topological polar surface area (TPSA) is 56.1 Å². The zero-order valence-corrected chi connectivity index (χ0v) is 5.35. The number of rotatable bonds is 1. The molecule has 1 rings (SSSR count). The Bertz CT molecular complexity index is 114. The molecule has 1 saturated carbocycles. The normalized spacial score (nSPS) is 28.6. The van der Waals surface area contributed by atoms with Crippen LogP contribution in [0.15, 0.2) is 0 Å². The fourth-order valence-corrected chi connectivity index (χ4v) is 1.15. The summed E-state index contributed by atoms with van der Waals surface area (Å²) in [7, 11) is 0. The third kappa shape index (κ3) is 1.50. The van der Waals surface area contributed by atoms with Gasteiger partial charge >= 0.3 is 0 Å². The Morgan fingerprint density at radius 1 is 1.56 bits per heavy atom. The molecule has 1 unspecified atom stereocenters. The summed E-state index contributed by atoms with van der Waals surface area (Å²) in [5.74, 6) is 0. The van der Waals surface area contributed by atoms with Crippen LogP contribution in [-0.2, 0) is 0 Å². The Morgan fingerprint density at radius 2 is 2.33 bits per heavy atom. The minimum absolute atomic E-state index is 0.0567. The van der Waals surface area contributed by atoms with E-state index >= 15 is 0 Å². The van der Waals surface area contributed by atoms with Crippen LogP contribution in [0.3, 0.4) is 0 Å². The molecule has 52 valence electrons. The van der Waals surface area contributed by atoms with E-state index in [0.29, 0.717) is 5.71 Å². The Morgan fingerprint density at radius 3 is 2.78 bits per heavy atom. The van der Waals surface area contributed by atoms with Gasteiger partial charge in [0.25, 0.3) is 0 Å². The van der Waals surface area contributed by atoms with E-state index in [-0.39, 0.29) is 6.04 Å². The highest BCUT2D eigenvalue weighted by Gasteiger charge is 2.16. The quantitative estimate of drug-likeness (QED) is 0.460. The van der Waals surface area contributed by atoms with E-state index in [9.17, 15) is 0 Å². The molecule has 0 saturated heterocycles. The van der Waals surface area contributed by atoms with E-state index in [0.717, 1.165) is 25.7 Å². The molecule has 0 spiro atoms. The van der Waals surface area contributed by atoms with Crippen LogP contribution in [-0.4, -0.2) is 17.0 Å². The second kappa shape index (κ2) is 2.94. The van der Waals surface area contributed by atoms with Crippen LogP contribution >= 0.6 is 0 Å². The second-order valence-corrected chi connectivity index (χ2v) is 2.45. The molecule has 0 amide bonds. The van der Waals surface area contributed by atoms with Crippen LogP contribution in [0.4, 0.5) is 0 Å². The van der Waals surface area contributed by atoms with Gasteiger partial charge < -0.3 is 10.6 Å². The largest absolute Gasteiger partial charge is 0.316 e. The first kappa shape index (κ1) is 6.71. The van der Waals surface area contributed by atoms with Crippen molar-refractivity contribution in [2.45, 2.75) is 31.7 Å². The summed E-state index contributed by atoms with van der Waals surface area (Å²) in [6.07, 6.45) is 3.99. The van der Waals surface area contributed by atoms with Gasteiger partial charge in [-0.25, -0.2) is 0 Å². The summed E-state index contributed by atoms with van der Waals surface area (Å²) in [5, 5.41) is 15.8. The van der Waals surface area contributed by atoms with Gasteiger partial charge in [0.1, 0.15) is 0 Å². The maximum absolute atomic E-state index is 8.47. The summed E-state index contributed by atoms with van der Waals surface area (Å²) in [5.41, 5.74) is 2.77. The number of hydroxylamine groups is 1. The summed E-state index contributed by atoms with van der Waals surface area (Å²) in [6.45, 7) is 0. The zero-order valence-electron chi connectivity index (χ0n) is 5.35. The predicted molar refractivity (Wildman–Crippen MR) is 34.9 cm³/mol. The van der Waals surface area contributed by atoms with Crippen LogP contribution in [0.25, 0.3) is 0 Å². The molecule has 0 aromatic rings. The molecule has 9 heavy (non-hydrogen) atoms. The van der Waals surface area contributed by atoms with E-state index in [4.69, 9.17) is 10.6 Å². The monoisotopic (exact) mass is 128 g/mol. The molecule has 0 radical (unpaired) electrons. The fraction of sp³-hybridized carbons (Fsp3) is 0.833. The zero-order chi connectivity index (χ0) is 6.69. The third-order valence-electron chi connectivity index (χ3n) is 1.77. The molecular formula is C6H12N2O. The Labute approximate surface area is 54.5 Å². The van der Waals surface area contributed by atoms with Gasteiger partial charge in [-0.15, -0.1) is 0 Å². The highest BCUT2D eigenvalue weighted by Crippen LogP contribution is 2.13. The molecule has 0 heterocycles. The van der Waals surface area contributed by atoms with Gasteiger partial charge in [0.15, 0.2) is 0 Å². The second-order valence-electron chi connectivity index (χ2n) is 2.45. The smallest absolute Gasteiger partial charge is 0.0694 e.